The second-order valence-electron chi connectivity index (χ2n) is 4.78. The number of aromatic nitrogens is 2. The molecule has 116 valence electrons. The number of ether oxygens (including phenoxy) is 1. The molecule has 0 amide bonds. The Hall–Kier alpha value is -2.63. The van der Waals surface area contributed by atoms with Gasteiger partial charge in [0, 0.05) is 24.6 Å². The SMILES string of the molecule is CCCNc1cc(C(=O)O)nc(Cc2ccccc2OC)n1. The zero-order valence-electron chi connectivity index (χ0n) is 12.7. The number of carbonyl (C=O) groups is 1. The Morgan fingerprint density at radius 2 is 2.09 bits per heavy atom. The van der Waals surface area contributed by atoms with Gasteiger partial charge in [-0.25, -0.2) is 14.8 Å². The summed E-state index contributed by atoms with van der Waals surface area (Å²) in [6.07, 6.45) is 1.33. The normalized spacial score (nSPS) is 10.3. The Kier molecular flexibility index (Phi) is 5.30. The third-order valence-electron chi connectivity index (χ3n) is 3.09. The minimum atomic E-state index is -1.07. The first kappa shape index (κ1) is 15.8. The lowest BCUT2D eigenvalue weighted by Crippen LogP contribution is -2.10. The van der Waals surface area contributed by atoms with Gasteiger partial charge in [-0.2, -0.15) is 0 Å². The second-order valence-corrected chi connectivity index (χ2v) is 4.78. The molecule has 1 aromatic heterocycles. The number of rotatable bonds is 7. The first-order valence-electron chi connectivity index (χ1n) is 7.11. The number of hydrogen-bond donors (Lipinski definition) is 2. The van der Waals surface area contributed by atoms with Crippen LogP contribution >= 0.6 is 0 Å². The van der Waals surface area contributed by atoms with Crippen LogP contribution in [0.3, 0.4) is 0 Å². The van der Waals surface area contributed by atoms with E-state index >= 15 is 0 Å². The van der Waals surface area contributed by atoms with Gasteiger partial charge in [0.2, 0.25) is 0 Å². The largest absolute Gasteiger partial charge is 0.496 e. The summed E-state index contributed by atoms with van der Waals surface area (Å²) in [5, 5.41) is 12.3. The third kappa shape index (κ3) is 3.94. The molecule has 22 heavy (non-hydrogen) atoms. The van der Waals surface area contributed by atoms with E-state index in [0.29, 0.717) is 18.1 Å². The summed E-state index contributed by atoms with van der Waals surface area (Å²) in [5.74, 6) is 0.639. The number of nitrogens with one attached hydrogen (secondary N) is 1. The highest BCUT2D eigenvalue weighted by atomic mass is 16.5. The highest BCUT2D eigenvalue weighted by Crippen LogP contribution is 2.20. The van der Waals surface area contributed by atoms with Gasteiger partial charge in [-0.3, -0.25) is 0 Å². The van der Waals surface area contributed by atoms with Gasteiger partial charge in [0.1, 0.15) is 17.4 Å². The lowest BCUT2D eigenvalue weighted by Gasteiger charge is -2.10. The van der Waals surface area contributed by atoms with Gasteiger partial charge in [0.15, 0.2) is 5.69 Å². The summed E-state index contributed by atoms with van der Waals surface area (Å²) in [7, 11) is 1.60. The molecule has 2 N–H and O–H groups in total. The minimum absolute atomic E-state index is 0.0153. The highest BCUT2D eigenvalue weighted by molar-refractivity contribution is 5.86. The minimum Gasteiger partial charge on any atom is -0.496 e. The average Bonchev–Trinajstić information content (AvgIpc) is 2.53. The number of anilines is 1. The Bertz CT molecular complexity index is 659. The van der Waals surface area contributed by atoms with Gasteiger partial charge >= 0.3 is 5.97 Å². The quantitative estimate of drug-likeness (QED) is 0.817. The Balaban J connectivity index is 2.32. The Labute approximate surface area is 129 Å². The number of benzene rings is 1. The molecule has 0 aliphatic carbocycles. The summed E-state index contributed by atoms with van der Waals surface area (Å²) in [6.45, 7) is 2.76. The molecule has 0 saturated heterocycles. The molecule has 1 heterocycles. The van der Waals surface area contributed by atoms with Gasteiger partial charge < -0.3 is 15.2 Å². The molecule has 1 aromatic carbocycles. The van der Waals surface area contributed by atoms with Crippen molar-refractivity contribution in [2.75, 3.05) is 19.0 Å². The van der Waals surface area contributed by atoms with Crippen LogP contribution in [0.4, 0.5) is 5.82 Å². The fourth-order valence-electron chi connectivity index (χ4n) is 2.05. The summed E-state index contributed by atoms with van der Waals surface area (Å²) in [4.78, 5) is 19.7. The smallest absolute Gasteiger partial charge is 0.354 e. The molecular formula is C16H19N3O3. The number of nitrogens with zero attached hydrogens (tertiary/aromatic N) is 2. The fourth-order valence-corrected chi connectivity index (χ4v) is 2.05. The van der Waals surface area contributed by atoms with E-state index in [-0.39, 0.29) is 5.69 Å². The zero-order chi connectivity index (χ0) is 15.9. The molecule has 6 heteroatoms. The molecule has 0 unspecified atom stereocenters. The first-order chi connectivity index (χ1) is 10.6. The molecule has 0 saturated carbocycles. The van der Waals surface area contributed by atoms with E-state index in [1.165, 1.54) is 6.07 Å². The van der Waals surface area contributed by atoms with Crippen LogP contribution in [-0.2, 0) is 6.42 Å². The molecule has 2 aromatic rings. The predicted octanol–water partition coefficient (Wildman–Crippen LogP) is 2.60. The standard InChI is InChI=1S/C16H19N3O3/c1-3-8-17-14-10-12(16(20)21)18-15(19-14)9-11-6-4-5-7-13(11)22-2/h4-7,10H,3,8-9H2,1-2H3,(H,20,21)(H,17,18,19). The van der Waals surface area contributed by atoms with Crippen molar-refractivity contribution in [3.8, 4) is 5.75 Å². The Morgan fingerprint density at radius 3 is 2.77 bits per heavy atom. The Morgan fingerprint density at radius 1 is 1.32 bits per heavy atom. The van der Waals surface area contributed by atoms with Gasteiger partial charge in [0.05, 0.1) is 7.11 Å². The maximum atomic E-state index is 11.2. The van der Waals surface area contributed by atoms with E-state index in [1.54, 1.807) is 7.11 Å². The monoisotopic (exact) mass is 301 g/mol. The van der Waals surface area contributed by atoms with Crippen molar-refractivity contribution in [1.82, 2.24) is 9.97 Å². The van der Waals surface area contributed by atoms with Crippen molar-refractivity contribution in [2.24, 2.45) is 0 Å². The molecule has 6 nitrogen and oxygen atoms in total. The summed E-state index contributed by atoms with van der Waals surface area (Å²) >= 11 is 0. The van der Waals surface area contributed by atoms with Crippen LogP contribution in [0.2, 0.25) is 0 Å². The van der Waals surface area contributed by atoms with E-state index in [9.17, 15) is 9.90 Å². The van der Waals surface area contributed by atoms with Crippen LogP contribution in [0.1, 0.15) is 35.2 Å². The van der Waals surface area contributed by atoms with E-state index in [1.807, 2.05) is 31.2 Å². The zero-order valence-corrected chi connectivity index (χ0v) is 12.7. The van der Waals surface area contributed by atoms with E-state index in [4.69, 9.17) is 4.74 Å². The first-order valence-corrected chi connectivity index (χ1v) is 7.11. The van der Waals surface area contributed by atoms with Crippen molar-refractivity contribution < 1.29 is 14.6 Å². The van der Waals surface area contributed by atoms with Gasteiger partial charge in [-0.15, -0.1) is 0 Å². The molecule has 0 fully saturated rings. The predicted molar refractivity (Wildman–Crippen MR) is 83.6 cm³/mol. The van der Waals surface area contributed by atoms with Crippen LogP contribution in [0, 0.1) is 0 Å². The molecule has 0 aliphatic rings. The number of aromatic carboxylic acids is 1. The number of carboxylic acids is 1. The molecule has 0 aliphatic heterocycles. The van der Waals surface area contributed by atoms with Crippen LogP contribution in [0.15, 0.2) is 30.3 Å². The van der Waals surface area contributed by atoms with Crippen LogP contribution in [-0.4, -0.2) is 34.7 Å². The molecule has 0 atom stereocenters. The van der Waals surface area contributed by atoms with E-state index in [2.05, 4.69) is 15.3 Å². The van der Waals surface area contributed by atoms with Crippen LogP contribution in [0.25, 0.3) is 0 Å². The van der Waals surface area contributed by atoms with Crippen molar-refractivity contribution in [3.63, 3.8) is 0 Å². The number of methoxy groups -OCH3 is 1. The highest BCUT2D eigenvalue weighted by Gasteiger charge is 2.12. The van der Waals surface area contributed by atoms with Crippen molar-refractivity contribution >= 4 is 11.8 Å². The summed E-state index contributed by atoms with van der Waals surface area (Å²) < 4.78 is 5.30. The summed E-state index contributed by atoms with van der Waals surface area (Å²) in [5.41, 5.74) is 0.896. The fraction of sp³-hybridized carbons (Fsp3) is 0.312. The van der Waals surface area contributed by atoms with E-state index < -0.39 is 5.97 Å². The van der Waals surface area contributed by atoms with Gasteiger partial charge in [0.25, 0.3) is 0 Å². The molecule has 0 bridgehead atoms. The van der Waals surface area contributed by atoms with Crippen molar-refractivity contribution in [3.05, 3.63) is 47.4 Å². The second kappa shape index (κ2) is 7.40. The lowest BCUT2D eigenvalue weighted by atomic mass is 10.1. The third-order valence-corrected chi connectivity index (χ3v) is 3.09. The van der Waals surface area contributed by atoms with Crippen LogP contribution in [0.5, 0.6) is 5.75 Å². The number of carboxylic acid groups (broad SMARTS) is 1. The lowest BCUT2D eigenvalue weighted by molar-refractivity contribution is 0.0690. The molecule has 2 rings (SSSR count). The topological polar surface area (TPSA) is 84.3 Å². The molecule has 0 spiro atoms. The summed E-state index contributed by atoms with van der Waals surface area (Å²) in [6, 6.07) is 8.99. The number of para-hydroxylation sites is 1. The molecular weight excluding hydrogens is 282 g/mol. The van der Waals surface area contributed by atoms with Crippen molar-refractivity contribution in [2.45, 2.75) is 19.8 Å². The maximum Gasteiger partial charge on any atom is 0.354 e. The van der Waals surface area contributed by atoms with Gasteiger partial charge in [-0.05, 0) is 12.5 Å². The van der Waals surface area contributed by atoms with Crippen molar-refractivity contribution in [1.29, 1.82) is 0 Å². The van der Waals surface area contributed by atoms with E-state index in [0.717, 1.165) is 24.3 Å². The maximum absolute atomic E-state index is 11.2. The average molecular weight is 301 g/mol. The van der Waals surface area contributed by atoms with Gasteiger partial charge in [-0.1, -0.05) is 25.1 Å². The van der Waals surface area contributed by atoms with Crippen LogP contribution < -0.4 is 10.1 Å². The molecule has 0 radical (unpaired) electrons. The number of hydrogen-bond acceptors (Lipinski definition) is 5.